The highest BCUT2D eigenvalue weighted by Crippen LogP contribution is 2.23. The van der Waals surface area contributed by atoms with E-state index in [1.54, 1.807) is 12.3 Å². The lowest BCUT2D eigenvalue weighted by Gasteiger charge is -2.31. The Kier molecular flexibility index (Phi) is 5.81. The fourth-order valence-electron chi connectivity index (χ4n) is 2.78. The molecule has 1 saturated heterocycles. The Hall–Kier alpha value is -1.68. The molecule has 0 bridgehead atoms. The molecule has 1 aromatic carbocycles. The van der Waals surface area contributed by atoms with E-state index >= 15 is 0 Å². The number of hydrogen-bond acceptors (Lipinski definition) is 5. The summed E-state index contributed by atoms with van der Waals surface area (Å²) in [5.41, 5.74) is 0.513. The van der Waals surface area contributed by atoms with Gasteiger partial charge in [-0.2, -0.15) is 5.10 Å². The van der Waals surface area contributed by atoms with Crippen LogP contribution in [0.3, 0.4) is 0 Å². The van der Waals surface area contributed by atoms with Crippen molar-refractivity contribution in [3.8, 4) is 11.4 Å². The predicted molar refractivity (Wildman–Crippen MR) is 94.7 cm³/mol. The second kappa shape index (κ2) is 7.91. The van der Waals surface area contributed by atoms with E-state index in [1.165, 1.54) is 23.0 Å². The van der Waals surface area contributed by atoms with Gasteiger partial charge in [0, 0.05) is 30.8 Å². The van der Waals surface area contributed by atoms with Crippen LogP contribution in [0.5, 0.6) is 5.75 Å². The number of sulfonamides is 1. The van der Waals surface area contributed by atoms with Crippen LogP contribution >= 0.6 is 11.6 Å². The molecule has 0 spiro atoms. The lowest BCUT2D eigenvalue weighted by Crippen LogP contribution is -2.47. The van der Waals surface area contributed by atoms with Crippen molar-refractivity contribution in [2.75, 3.05) is 26.1 Å². The summed E-state index contributed by atoms with van der Waals surface area (Å²) >= 11 is 5.81. The van der Waals surface area contributed by atoms with Crippen LogP contribution in [0.25, 0.3) is 5.69 Å². The van der Waals surface area contributed by atoms with E-state index in [9.17, 15) is 12.8 Å². The highest BCUT2D eigenvalue weighted by molar-refractivity contribution is 7.88. The van der Waals surface area contributed by atoms with E-state index in [0.717, 1.165) is 6.26 Å². The molecule has 0 radical (unpaired) electrons. The fourth-order valence-corrected chi connectivity index (χ4v) is 3.78. The lowest BCUT2D eigenvalue weighted by molar-refractivity contribution is 0.0181. The molecular weight excluding hydrogens is 385 g/mol. The predicted octanol–water partition coefficient (Wildman–Crippen LogP) is 2.00. The molecule has 1 aromatic heterocycles. The molecule has 142 valence electrons. The number of nitrogens with one attached hydrogen (secondary N) is 1. The summed E-state index contributed by atoms with van der Waals surface area (Å²) in [6.45, 7) is 0.953. The average Bonchev–Trinajstić information content (AvgIpc) is 3.00. The third kappa shape index (κ3) is 4.94. The topological polar surface area (TPSA) is 82.5 Å². The van der Waals surface area contributed by atoms with E-state index in [0.29, 0.717) is 30.3 Å². The molecule has 1 fully saturated rings. The van der Waals surface area contributed by atoms with Crippen molar-refractivity contribution in [2.24, 2.45) is 5.92 Å². The fraction of sp³-hybridized carbons (Fsp3) is 0.438. The van der Waals surface area contributed by atoms with Gasteiger partial charge in [0.1, 0.15) is 0 Å². The quantitative estimate of drug-likeness (QED) is 0.797. The zero-order valence-corrected chi connectivity index (χ0v) is 15.6. The number of rotatable bonds is 6. The normalized spacial score (nSPS) is 20.9. The van der Waals surface area contributed by atoms with E-state index in [2.05, 4.69) is 9.82 Å². The molecular formula is C16H19ClFN3O4S. The number of aromatic nitrogens is 2. The number of halogens is 2. The first-order valence-electron chi connectivity index (χ1n) is 8.00. The SMILES string of the molecule is CS(=O)(=O)N[C@H]1CCOC[C@@H]1COc1ccc(-n2cc(Cl)cn2)cc1F. The molecule has 1 N–H and O–H groups in total. The number of nitrogens with zero attached hydrogens (tertiary/aromatic N) is 2. The van der Waals surface area contributed by atoms with Gasteiger partial charge in [0.2, 0.25) is 10.0 Å². The van der Waals surface area contributed by atoms with Gasteiger partial charge >= 0.3 is 0 Å². The minimum Gasteiger partial charge on any atom is -0.490 e. The summed E-state index contributed by atoms with van der Waals surface area (Å²) in [4.78, 5) is 0. The molecule has 2 aromatic rings. The molecule has 2 heterocycles. The largest absolute Gasteiger partial charge is 0.490 e. The number of benzene rings is 1. The first kappa shape index (κ1) is 19.1. The van der Waals surface area contributed by atoms with Gasteiger partial charge in [-0.15, -0.1) is 0 Å². The summed E-state index contributed by atoms with van der Waals surface area (Å²) in [7, 11) is -3.34. The van der Waals surface area contributed by atoms with Gasteiger partial charge in [0.05, 0.1) is 36.4 Å². The summed E-state index contributed by atoms with van der Waals surface area (Å²) in [6, 6.07) is 4.16. The van der Waals surface area contributed by atoms with E-state index in [1.807, 2.05) is 0 Å². The maximum Gasteiger partial charge on any atom is 0.208 e. The Bertz CT molecular complexity index is 874. The third-order valence-electron chi connectivity index (χ3n) is 4.02. The van der Waals surface area contributed by atoms with Gasteiger partial charge in [-0.05, 0) is 18.6 Å². The Morgan fingerprint density at radius 2 is 2.31 bits per heavy atom. The smallest absolute Gasteiger partial charge is 0.208 e. The zero-order valence-electron chi connectivity index (χ0n) is 14.1. The molecule has 1 aliphatic rings. The minimum atomic E-state index is -3.34. The highest BCUT2D eigenvalue weighted by Gasteiger charge is 2.29. The van der Waals surface area contributed by atoms with E-state index < -0.39 is 15.8 Å². The number of hydrogen-bond donors (Lipinski definition) is 1. The van der Waals surface area contributed by atoms with Crippen molar-refractivity contribution in [2.45, 2.75) is 12.5 Å². The number of ether oxygens (including phenoxy) is 2. The molecule has 2 atom stereocenters. The van der Waals surface area contributed by atoms with Crippen molar-refractivity contribution in [1.29, 1.82) is 0 Å². The molecule has 0 amide bonds. The van der Waals surface area contributed by atoms with Crippen LogP contribution in [0.1, 0.15) is 6.42 Å². The van der Waals surface area contributed by atoms with Crippen LogP contribution in [0.2, 0.25) is 5.02 Å². The maximum atomic E-state index is 14.3. The van der Waals surface area contributed by atoms with Crippen LogP contribution < -0.4 is 9.46 Å². The van der Waals surface area contributed by atoms with Crippen LogP contribution in [0.4, 0.5) is 4.39 Å². The summed E-state index contributed by atoms with van der Waals surface area (Å²) in [5.74, 6) is -0.670. The molecule has 26 heavy (non-hydrogen) atoms. The Morgan fingerprint density at radius 3 is 2.96 bits per heavy atom. The van der Waals surface area contributed by atoms with E-state index in [4.69, 9.17) is 21.1 Å². The summed E-state index contributed by atoms with van der Waals surface area (Å²) < 4.78 is 52.3. The third-order valence-corrected chi connectivity index (χ3v) is 4.95. The minimum absolute atomic E-state index is 0.0793. The molecule has 7 nitrogen and oxygen atoms in total. The molecule has 3 rings (SSSR count). The van der Waals surface area contributed by atoms with Crippen molar-refractivity contribution < 1.29 is 22.3 Å². The van der Waals surface area contributed by atoms with Crippen LogP contribution in [-0.4, -0.2) is 50.3 Å². The Balaban J connectivity index is 1.66. The first-order chi connectivity index (χ1) is 12.3. The zero-order chi connectivity index (χ0) is 18.7. The van der Waals surface area contributed by atoms with Gasteiger partial charge in [-0.1, -0.05) is 11.6 Å². The second-order valence-corrected chi connectivity index (χ2v) is 8.37. The van der Waals surface area contributed by atoms with Crippen molar-refractivity contribution >= 4 is 21.6 Å². The summed E-state index contributed by atoms with van der Waals surface area (Å²) in [6.07, 6.45) is 4.68. The molecule has 10 heteroatoms. The molecule has 0 unspecified atom stereocenters. The van der Waals surface area contributed by atoms with Crippen molar-refractivity contribution in [3.63, 3.8) is 0 Å². The Labute approximate surface area is 156 Å². The van der Waals surface area contributed by atoms with Crippen LogP contribution in [-0.2, 0) is 14.8 Å². The highest BCUT2D eigenvalue weighted by atomic mass is 35.5. The van der Waals surface area contributed by atoms with Gasteiger partial charge < -0.3 is 9.47 Å². The Morgan fingerprint density at radius 1 is 1.50 bits per heavy atom. The first-order valence-corrected chi connectivity index (χ1v) is 10.3. The molecule has 0 aliphatic carbocycles. The van der Waals surface area contributed by atoms with Crippen LogP contribution in [0.15, 0.2) is 30.6 Å². The van der Waals surface area contributed by atoms with Crippen molar-refractivity contribution in [3.05, 3.63) is 41.4 Å². The van der Waals surface area contributed by atoms with Crippen LogP contribution in [0, 0.1) is 11.7 Å². The van der Waals surface area contributed by atoms with Gasteiger partial charge in [0.15, 0.2) is 11.6 Å². The monoisotopic (exact) mass is 403 g/mol. The lowest BCUT2D eigenvalue weighted by atomic mass is 9.98. The van der Waals surface area contributed by atoms with Gasteiger partial charge in [-0.25, -0.2) is 22.2 Å². The molecule has 1 aliphatic heterocycles. The summed E-state index contributed by atoms with van der Waals surface area (Å²) in [5, 5.41) is 4.47. The van der Waals surface area contributed by atoms with Crippen molar-refractivity contribution in [1.82, 2.24) is 14.5 Å². The average molecular weight is 404 g/mol. The maximum absolute atomic E-state index is 14.3. The van der Waals surface area contributed by atoms with Gasteiger partial charge in [0.25, 0.3) is 0 Å². The van der Waals surface area contributed by atoms with Gasteiger partial charge in [-0.3, -0.25) is 0 Å². The standard InChI is InChI=1S/C16H19ClFN3O4S/c1-26(22,23)20-15-4-5-24-9-11(15)10-25-16-3-2-13(6-14(16)18)21-8-12(17)7-19-21/h2-3,6-8,11,15,20H,4-5,9-10H2,1H3/t11-,15+/m1/s1. The molecule has 0 saturated carbocycles. The van der Waals surface area contributed by atoms with E-state index in [-0.39, 0.29) is 24.3 Å². The second-order valence-electron chi connectivity index (χ2n) is 6.15.